The molecule has 7 heteroatoms. The van der Waals surface area contributed by atoms with Gasteiger partial charge in [0.25, 0.3) is 0 Å². The summed E-state index contributed by atoms with van der Waals surface area (Å²) in [6, 6.07) is 7.57. The summed E-state index contributed by atoms with van der Waals surface area (Å²) in [5.74, 6) is 1.03. The summed E-state index contributed by atoms with van der Waals surface area (Å²) in [5, 5.41) is 3.29. The van der Waals surface area contributed by atoms with E-state index in [1.54, 1.807) is 19.5 Å². The third-order valence-electron chi connectivity index (χ3n) is 7.12. The second-order valence-electron chi connectivity index (χ2n) is 9.30. The molecule has 2 aromatic rings. The number of carbonyl (C=O) groups excluding carboxylic acids is 1. The summed E-state index contributed by atoms with van der Waals surface area (Å²) in [6.45, 7) is 6.45. The van der Waals surface area contributed by atoms with E-state index in [0.717, 1.165) is 35.2 Å². The Bertz CT molecular complexity index is 969. The summed E-state index contributed by atoms with van der Waals surface area (Å²) in [4.78, 5) is 19.4. The Morgan fingerprint density at radius 2 is 1.91 bits per heavy atom. The van der Waals surface area contributed by atoms with Gasteiger partial charge in [-0.3, -0.25) is 14.7 Å². The Hall–Kier alpha value is -1.96. The maximum absolute atomic E-state index is 12.6. The van der Waals surface area contributed by atoms with Crippen molar-refractivity contribution in [2.45, 2.75) is 70.6 Å². The van der Waals surface area contributed by atoms with E-state index in [1.807, 2.05) is 6.07 Å². The number of hydrogen-bond acceptors (Lipinski definition) is 5. The van der Waals surface area contributed by atoms with Crippen molar-refractivity contribution in [1.82, 2.24) is 15.2 Å². The maximum Gasteiger partial charge on any atom is 0.224 e. The number of piperidine rings is 1. The highest BCUT2D eigenvalue weighted by molar-refractivity contribution is 9.10. The van der Waals surface area contributed by atoms with Gasteiger partial charge in [0.1, 0.15) is 12.4 Å². The van der Waals surface area contributed by atoms with Crippen molar-refractivity contribution in [3.63, 3.8) is 0 Å². The quantitative estimate of drug-likeness (QED) is 0.503. The lowest BCUT2D eigenvalue weighted by Crippen LogP contribution is -2.50. The van der Waals surface area contributed by atoms with Crippen molar-refractivity contribution in [3.05, 3.63) is 57.3 Å². The van der Waals surface area contributed by atoms with Crippen LogP contribution in [-0.2, 0) is 22.5 Å². The molecule has 1 N–H and O–H groups in total. The number of nitrogens with zero attached hydrogens (tertiary/aromatic N) is 2. The fourth-order valence-electron chi connectivity index (χ4n) is 5.28. The number of methoxy groups -OCH3 is 1. The number of hydrogen-bond donors (Lipinski definition) is 1. The molecule has 2 bridgehead atoms. The highest BCUT2D eigenvalue weighted by Crippen LogP contribution is 2.38. The van der Waals surface area contributed by atoms with Crippen LogP contribution in [0.5, 0.6) is 5.75 Å². The molecular weight excluding hydrogens is 482 g/mol. The topological polar surface area (TPSA) is 63.7 Å². The number of benzene rings is 1. The maximum atomic E-state index is 12.6. The minimum absolute atomic E-state index is 0.0864. The van der Waals surface area contributed by atoms with Gasteiger partial charge in [0, 0.05) is 48.6 Å². The minimum Gasteiger partial charge on any atom is -0.491 e. The van der Waals surface area contributed by atoms with Crippen molar-refractivity contribution in [2.24, 2.45) is 0 Å². The molecule has 3 heterocycles. The summed E-state index contributed by atoms with van der Waals surface area (Å²) < 4.78 is 11.9. The predicted molar refractivity (Wildman–Crippen MR) is 132 cm³/mol. The highest BCUT2D eigenvalue weighted by Gasteiger charge is 2.41. The van der Waals surface area contributed by atoms with Crippen LogP contribution >= 0.6 is 15.9 Å². The SMILES string of the molecule is COCCOc1ccc(CN2C3CCC2CC(NC(=O)Cc2cncc(Br)c2)C3)c(C)c1C. The monoisotopic (exact) mass is 515 g/mol. The molecule has 4 rings (SSSR count). The molecular formula is C26H34BrN3O3. The first kappa shape index (κ1) is 24.2. The Morgan fingerprint density at radius 3 is 2.61 bits per heavy atom. The molecule has 2 saturated heterocycles. The zero-order chi connectivity index (χ0) is 23.4. The summed E-state index contributed by atoms with van der Waals surface area (Å²) >= 11 is 3.42. The molecule has 2 unspecified atom stereocenters. The molecule has 1 aromatic carbocycles. The van der Waals surface area contributed by atoms with Crippen LogP contribution in [0.3, 0.4) is 0 Å². The van der Waals surface area contributed by atoms with Gasteiger partial charge in [0.2, 0.25) is 5.91 Å². The first-order chi connectivity index (χ1) is 15.9. The lowest BCUT2D eigenvalue weighted by atomic mass is 9.95. The second kappa shape index (κ2) is 11.0. The molecule has 0 aliphatic carbocycles. The second-order valence-corrected chi connectivity index (χ2v) is 10.2. The molecule has 178 valence electrons. The average Bonchev–Trinajstić information content (AvgIpc) is 3.00. The molecule has 2 atom stereocenters. The van der Waals surface area contributed by atoms with E-state index in [0.29, 0.717) is 31.7 Å². The van der Waals surface area contributed by atoms with Crippen LogP contribution in [0, 0.1) is 13.8 Å². The summed E-state index contributed by atoms with van der Waals surface area (Å²) in [6.07, 6.45) is 8.34. The molecule has 2 aliphatic heterocycles. The number of fused-ring (bicyclic) bond motifs is 2. The van der Waals surface area contributed by atoms with Gasteiger partial charge < -0.3 is 14.8 Å². The third kappa shape index (κ3) is 5.94. The van der Waals surface area contributed by atoms with Crippen LogP contribution in [0.25, 0.3) is 0 Å². The Balaban J connectivity index is 1.34. The molecule has 0 spiro atoms. The summed E-state index contributed by atoms with van der Waals surface area (Å²) in [7, 11) is 1.69. The third-order valence-corrected chi connectivity index (χ3v) is 7.56. The van der Waals surface area contributed by atoms with Crippen LogP contribution in [0.2, 0.25) is 0 Å². The smallest absolute Gasteiger partial charge is 0.224 e. The number of aromatic nitrogens is 1. The van der Waals surface area contributed by atoms with Gasteiger partial charge in [0.15, 0.2) is 0 Å². The zero-order valence-electron chi connectivity index (χ0n) is 19.8. The van der Waals surface area contributed by atoms with Gasteiger partial charge >= 0.3 is 0 Å². The lowest BCUT2D eigenvalue weighted by Gasteiger charge is -2.39. The number of pyridine rings is 1. The number of halogens is 1. The Kier molecular flexibility index (Phi) is 8.04. The number of amides is 1. The first-order valence-corrected chi connectivity index (χ1v) is 12.6. The molecule has 2 aliphatic rings. The van der Waals surface area contributed by atoms with Gasteiger partial charge in [-0.05, 0) is 89.8 Å². The Morgan fingerprint density at radius 1 is 1.15 bits per heavy atom. The van der Waals surface area contributed by atoms with Crippen molar-refractivity contribution in [2.75, 3.05) is 20.3 Å². The van der Waals surface area contributed by atoms with E-state index < -0.39 is 0 Å². The van der Waals surface area contributed by atoms with Crippen LogP contribution in [0.1, 0.15) is 47.9 Å². The van der Waals surface area contributed by atoms with Crippen molar-refractivity contribution >= 4 is 21.8 Å². The van der Waals surface area contributed by atoms with Gasteiger partial charge in [0.05, 0.1) is 13.0 Å². The fraction of sp³-hybridized carbons (Fsp3) is 0.538. The van der Waals surface area contributed by atoms with E-state index in [-0.39, 0.29) is 11.9 Å². The van der Waals surface area contributed by atoms with Crippen LogP contribution in [0.4, 0.5) is 0 Å². The molecule has 33 heavy (non-hydrogen) atoms. The molecule has 1 amide bonds. The molecule has 2 fully saturated rings. The molecule has 1 aromatic heterocycles. The number of carbonyl (C=O) groups is 1. The van der Waals surface area contributed by atoms with E-state index >= 15 is 0 Å². The summed E-state index contributed by atoms with van der Waals surface area (Å²) in [5.41, 5.74) is 4.82. The number of rotatable bonds is 9. The Labute approximate surface area is 205 Å². The van der Waals surface area contributed by atoms with E-state index in [2.05, 4.69) is 57.1 Å². The highest BCUT2D eigenvalue weighted by atomic mass is 79.9. The molecule has 0 saturated carbocycles. The zero-order valence-corrected chi connectivity index (χ0v) is 21.4. The van der Waals surface area contributed by atoms with Gasteiger partial charge in [-0.2, -0.15) is 0 Å². The lowest BCUT2D eigenvalue weighted by molar-refractivity contribution is -0.121. The van der Waals surface area contributed by atoms with Crippen molar-refractivity contribution < 1.29 is 14.3 Å². The van der Waals surface area contributed by atoms with Crippen molar-refractivity contribution in [1.29, 1.82) is 0 Å². The van der Waals surface area contributed by atoms with E-state index in [1.165, 1.54) is 29.5 Å². The normalized spacial score (nSPS) is 22.4. The molecule has 6 nitrogen and oxygen atoms in total. The first-order valence-electron chi connectivity index (χ1n) is 11.8. The van der Waals surface area contributed by atoms with Crippen molar-refractivity contribution in [3.8, 4) is 5.75 Å². The predicted octanol–water partition coefficient (Wildman–Crippen LogP) is 4.34. The fourth-order valence-corrected chi connectivity index (χ4v) is 5.69. The van der Waals surface area contributed by atoms with Gasteiger partial charge in [-0.15, -0.1) is 0 Å². The minimum atomic E-state index is 0.0864. The standard InChI is InChI=1S/C26H34BrN3O3/c1-17-18(2)25(33-9-8-32-3)7-4-20(17)16-30-23-5-6-24(30)13-22(12-23)29-26(31)11-19-10-21(27)15-28-14-19/h4,7,10,14-15,22-24H,5-6,8-9,11-13,16H2,1-3H3,(H,29,31). The average molecular weight is 516 g/mol. The van der Waals surface area contributed by atoms with Crippen LogP contribution < -0.4 is 10.1 Å². The van der Waals surface area contributed by atoms with Crippen LogP contribution in [-0.4, -0.2) is 54.2 Å². The van der Waals surface area contributed by atoms with E-state index in [9.17, 15) is 4.79 Å². The largest absolute Gasteiger partial charge is 0.491 e. The number of nitrogens with one attached hydrogen (secondary N) is 1. The van der Waals surface area contributed by atoms with Crippen LogP contribution in [0.15, 0.2) is 35.1 Å². The van der Waals surface area contributed by atoms with Gasteiger partial charge in [-0.25, -0.2) is 0 Å². The van der Waals surface area contributed by atoms with E-state index in [4.69, 9.17) is 9.47 Å². The van der Waals surface area contributed by atoms with Gasteiger partial charge in [-0.1, -0.05) is 6.07 Å². The number of ether oxygens (including phenoxy) is 2. The molecule has 0 radical (unpaired) electrons.